The first kappa shape index (κ1) is 10.7. The zero-order chi connectivity index (χ0) is 11.5. The Morgan fingerprint density at radius 1 is 1.50 bits per heavy atom. The van der Waals surface area contributed by atoms with Crippen LogP contribution in [0.1, 0.15) is 24.0 Å². The van der Waals surface area contributed by atoms with Gasteiger partial charge in [0.25, 0.3) is 0 Å². The van der Waals surface area contributed by atoms with Crippen LogP contribution in [-0.2, 0) is 20.0 Å². The number of nitrogens with zero attached hydrogens (tertiary/aromatic N) is 4. The molecule has 0 fully saturated rings. The maximum absolute atomic E-state index is 4.97. The highest BCUT2D eigenvalue weighted by molar-refractivity contribution is 5.25. The Labute approximate surface area is 93.7 Å². The summed E-state index contributed by atoms with van der Waals surface area (Å²) in [4.78, 5) is 4.07. The molecule has 0 spiro atoms. The van der Waals surface area contributed by atoms with Gasteiger partial charge in [0.1, 0.15) is 0 Å². The number of aromatic nitrogens is 4. The number of aryl methyl sites for hydroxylation is 3. The summed E-state index contributed by atoms with van der Waals surface area (Å²) in [6.45, 7) is 4.53. The van der Waals surface area contributed by atoms with Gasteiger partial charge in [-0.05, 0) is 13.3 Å². The topological polar surface area (TPSA) is 68.8 Å². The van der Waals surface area contributed by atoms with Crippen molar-refractivity contribution in [1.29, 1.82) is 0 Å². The summed E-state index contributed by atoms with van der Waals surface area (Å²) in [6, 6.07) is 0.448. The van der Waals surface area contributed by atoms with Crippen LogP contribution in [-0.4, -0.2) is 19.9 Å². The maximum Gasteiger partial charge on any atom is 0.321 e. The average Bonchev–Trinajstić information content (AvgIpc) is 2.81. The summed E-state index contributed by atoms with van der Waals surface area (Å²) < 4.78 is 6.78. The van der Waals surface area contributed by atoms with Gasteiger partial charge in [0, 0.05) is 25.4 Å². The van der Waals surface area contributed by atoms with Crippen molar-refractivity contribution in [2.75, 3.05) is 5.32 Å². The third kappa shape index (κ3) is 2.21. The van der Waals surface area contributed by atoms with Crippen LogP contribution >= 0.6 is 0 Å². The molecular weight excluding hydrogens is 206 g/mol. The predicted molar refractivity (Wildman–Crippen MR) is 58.9 cm³/mol. The number of rotatable bonds is 4. The van der Waals surface area contributed by atoms with Gasteiger partial charge in [-0.25, -0.2) is 0 Å². The summed E-state index contributed by atoms with van der Waals surface area (Å²) in [6.07, 6.45) is 2.91. The SMILES string of the molecule is CCc1nn(C)cc1CNc1nc(C)no1. The first-order valence-corrected chi connectivity index (χ1v) is 5.24. The molecule has 0 saturated carbocycles. The lowest BCUT2D eigenvalue weighted by Crippen LogP contribution is -2.01. The van der Waals surface area contributed by atoms with Gasteiger partial charge < -0.3 is 9.84 Å². The Kier molecular flexibility index (Phi) is 2.89. The van der Waals surface area contributed by atoms with Gasteiger partial charge >= 0.3 is 6.01 Å². The first-order valence-electron chi connectivity index (χ1n) is 5.24. The monoisotopic (exact) mass is 221 g/mol. The molecule has 6 heteroatoms. The zero-order valence-corrected chi connectivity index (χ0v) is 9.69. The van der Waals surface area contributed by atoms with Crippen LogP contribution in [0.25, 0.3) is 0 Å². The van der Waals surface area contributed by atoms with Crippen molar-refractivity contribution >= 4 is 6.01 Å². The van der Waals surface area contributed by atoms with Crippen molar-refractivity contribution < 1.29 is 4.52 Å². The van der Waals surface area contributed by atoms with Gasteiger partial charge in [0.2, 0.25) is 0 Å². The second-order valence-electron chi connectivity index (χ2n) is 3.63. The van der Waals surface area contributed by atoms with Gasteiger partial charge in [-0.2, -0.15) is 10.1 Å². The van der Waals surface area contributed by atoms with E-state index in [4.69, 9.17) is 4.52 Å². The molecular formula is C10H15N5O. The number of anilines is 1. The molecule has 1 N–H and O–H groups in total. The quantitative estimate of drug-likeness (QED) is 0.842. The van der Waals surface area contributed by atoms with Crippen LogP contribution < -0.4 is 5.32 Å². The Hall–Kier alpha value is -1.85. The summed E-state index contributed by atoms with van der Waals surface area (Å²) >= 11 is 0. The van der Waals surface area contributed by atoms with Crippen LogP contribution in [0.5, 0.6) is 0 Å². The van der Waals surface area contributed by atoms with E-state index in [0.29, 0.717) is 18.4 Å². The van der Waals surface area contributed by atoms with Gasteiger partial charge in [0.15, 0.2) is 5.82 Å². The minimum absolute atomic E-state index is 0.448. The largest absolute Gasteiger partial charge is 0.334 e. The van der Waals surface area contributed by atoms with Gasteiger partial charge in [-0.1, -0.05) is 12.1 Å². The van der Waals surface area contributed by atoms with Crippen molar-refractivity contribution in [3.8, 4) is 0 Å². The molecule has 0 bridgehead atoms. The van der Waals surface area contributed by atoms with Crippen LogP contribution in [0, 0.1) is 6.92 Å². The fourth-order valence-electron chi connectivity index (χ4n) is 1.57. The smallest absolute Gasteiger partial charge is 0.321 e. The molecule has 0 radical (unpaired) electrons. The summed E-state index contributed by atoms with van der Waals surface area (Å²) in [7, 11) is 1.92. The molecule has 0 aliphatic carbocycles. The summed E-state index contributed by atoms with van der Waals surface area (Å²) in [5, 5.41) is 11.1. The van der Waals surface area contributed by atoms with Crippen molar-refractivity contribution in [1.82, 2.24) is 19.9 Å². The molecule has 0 unspecified atom stereocenters. The molecule has 86 valence electrons. The first-order chi connectivity index (χ1) is 7.69. The minimum atomic E-state index is 0.448. The zero-order valence-electron chi connectivity index (χ0n) is 9.69. The lowest BCUT2D eigenvalue weighted by Gasteiger charge is -1.99. The van der Waals surface area contributed by atoms with Crippen LogP contribution in [0.3, 0.4) is 0 Å². The Balaban J connectivity index is 2.04. The normalized spacial score (nSPS) is 10.7. The highest BCUT2D eigenvalue weighted by Gasteiger charge is 2.07. The fraction of sp³-hybridized carbons (Fsp3) is 0.500. The number of hydrogen-bond donors (Lipinski definition) is 1. The van der Waals surface area contributed by atoms with E-state index < -0.39 is 0 Å². The van der Waals surface area contributed by atoms with Crippen molar-refractivity contribution in [2.24, 2.45) is 7.05 Å². The highest BCUT2D eigenvalue weighted by Crippen LogP contribution is 2.10. The van der Waals surface area contributed by atoms with Crippen LogP contribution in [0.15, 0.2) is 10.7 Å². The predicted octanol–water partition coefficient (Wildman–Crippen LogP) is 1.29. The second-order valence-corrected chi connectivity index (χ2v) is 3.63. The molecule has 6 nitrogen and oxygen atoms in total. The molecule has 0 amide bonds. The maximum atomic E-state index is 4.97. The van der Waals surface area contributed by atoms with E-state index in [1.165, 1.54) is 0 Å². The molecule has 0 aromatic carbocycles. The van der Waals surface area contributed by atoms with E-state index in [0.717, 1.165) is 17.7 Å². The summed E-state index contributed by atoms with van der Waals surface area (Å²) in [5.74, 6) is 0.629. The standard InChI is InChI=1S/C10H15N5O/c1-4-9-8(6-15(3)13-9)5-11-10-12-7(2)14-16-10/h6H,4-5H2,1-3H3,(H,11,12,14). The van der Waals surface area contributed by atoms with Crippen LogP contribution in [0.2, 0.25) is 0 Å². The molecule has 0 aliphatic heterocycles. The molecule has 16 heavy (non-hydrogen) atoms. The average molecular weight is 221 g/mol. The third-order valence-electron chi connectivity index (χ3n) is 2.28. The van der Waals surface area contributed by atoms with E-state index in [2.05, 4.69) is 27.5 Å². The Morgan fingerprint density at radius 2 is 2.31 bits per heavy atom. The fourth-order valence-corrected chi connectivity index (χ4v) is 1.57. The van der Waals surface area contributed by atoms with E-state index >= 15 is 0 Å². The van der Waals surface area contributed by atoms with Gasteiger partial charge in [-0.15, -0.1) is 0 Å². The molecule has 0 atom stereocenters. The van der Waals surface area contributed by atoms with E-state index in [9.17, 15) is 0 Å². The second kappa shape index (κ2) is 4.34. The Morgan fingerprint density at radius 3 is 2.94 bits per heavy atom. The molecule has 0 aliphatic rings. The molecule has 2 aromatic heterocycles. The van der Waals surface area contributed by atoms with E-state index in [1.54, 1.807) is 6.92 Å². The molecule has 0 saturated heterocycles. The number of nitrogens with one attached hydrogen (secondary N) is 1. The lowest BCUT2D eigenvalue weighted by molar-refractivity contribution is 0.425. The highest BCUT2D eigenvalue weighted by atomic mass is 16.5. The minimum Gasteiger partial charge on any atom is -0.334 e. The third-order valence-corrected chi connectivity index (χ3v) is 2.28. The van der Waals surface area contributed by atoms with E-state index in [1.807, 2.05) is 17.9 Å². The van der Waals surface area contributed by atoms with Gasteiger partial charge in [0.05, 0.1) is 5.69 Å². The Bertz CT molecular complexity index is 473. The lowest BCUT2D eigenvalue weighted by atomic mass is 10.2. The van der Waals surface area contributed by atoms with Crippen molar-refractivity contribution in [2.45, 2.75) is 26.8 Å². The van der Waals surface area contributed by atoms with Crippen molar-refractivity contribution in [3.05, 3.63) is 23.3 Å². The van der Waals surface area contributed by atoms with E-state index in [-0.39, 0.29) is 0 Å². The number of hydrogen-bond acceptors (Lipinski definition) is 5. The molecule has 2 heterocycles. The van der Waals surface area contributed by atoms with Gasteiger partial charge in [-0.3, -0.25) is 4.68 Å². The van der Waals surface area contributed by atoms with Crippen LogP contribution in [0.4, 0.5) is 6.01 Å². The summed E-state index contributed by atoms with van der Waals surface area (Å²) in [5.41, 5.74) is 2.24. The molecule has 2 aromatic rings. The molecule has 2 rings (SSSR count). The van der Waals surface area contributed by atoms with Crippen molar-refractivity contribution in [3.63, 3.8) is 0 Å².